The maximum atomic E-state index is 11.4. The highest BCUT2D eigenvalue weighted by Gasteiger charge is 2.28. The van der Waals surface area contributed by atoms with Crippen LogP contribution in [0.15, 0.2) is 0 Å². The number of unbranched alkanes of at least 4 members (excludes halogenated alkanes) is 7. The van der Waals surface area contributed by atoms with Gasteiger partial charge in [-0.05, 0) is 25.2 Å². The van der Waals surface area contributed by atoms with Crippen LogP contribution in [0.5, 0.6) is 0 Å². The standard InChI is InChI=1S/C18H34O2/c1-2-3-4-5-6-7-8-12-15-17(18(19)20)16-13-10-9-11-14-16/h16-17H,2-15H2,1H3,(H,19,20). The van der Waals surface area contributed by atoms with Crippen molar-refractivity contribution in [3.8, 4) is 0 Å². The molecule has 0 saturated heterocycles. The number of hydrogen-bond donors (Lipinski definition) is 1. The Labute approximate surface area is 125 Å². The summed E-state index contributed by atoms with van der Waals surface area (Å²) in [5.41, 5.74) is 0. The number of carboxylic acids is 1. The van der Waals surface area contributed by atoms with Gasteiger partial charge >= 0.3 is 5.97 Å². The second-order valence-electron chi connectivity index (χ2n) is 6.61. The average molecular weight is 282 g/mol. The molecule has 2 nitrogen and oxygen atoms in total. The Balaban J connectivity index is 2.08. The van der Waals surface area contributed by atoms with Crippen LogP contribution in [0.3, 0.4) is 0 Å². The molecule has 1 fully saturated rings. The molecular weight excluding hydrogens is 248 g/mol. The molecule has 0 aromatic rings. The summed E-state index contributed by atoms with van der Waals surface area (Å²) < 4.78 is 0. The van der Waals surface area contributed by atoms with Crippen molar-refractivity contribution in [3.05, 3.63) is 0 Å². The quantitative estimate of drug-likeness (QED) is 0.486. The largest absolute Gasteiger partial charge is 0.481 e. The van der Waals surface area contributed by atoms with Crippen LogP contribution in [0.4, 0.5) is 0 Å². The van der Waals surface area contributed by atoms with Gasteiger partial charge in [0.25, 0.3) is 0 Å². The van der Waals surface area contributed by atoms with E-state index in [0.29, 0.717) is 5.92 Å². The third-order valence-corrected chi connectivity index (χ3v) is 4.90. The van der Waals surface area contributed by atoms with E-state index in [0.717, 1.165) is 25.7 Å². The lowest BCUT2D eigenvalue weighted by Gasteiger charge is -2.27. The number of carboxylic acid groups (broad SMARTS) is 1. The summed E-state index contributed by atoms with van der Waals surface area (Å²) >= 11 is 0. The predicted molar refractivity (Wildman–Crippen MR) is 84.9 cm³/mol. The molecule has 0 bridgehead atoms. The molecule has 0 spiro atoms. The maximum absolute atomic E-state index is 11.4. The minimum Gasteiger partial charge on any atom is -0.481 e. The zero-order valence-electron chi connectivity index (χ0n) is 13.4. The van der Waals surface area contributed by atoms with E-state index < -0.39 is 5.97 Å². The highest BCUT2D eigenvalue weighted by Crippen LogP contribution is 2.33. The molecule has 0 radical (unpaired) electrons. The third-order valence-electron chi connectivity index (χ3n) is 4.90. The molecule has 118 valence electrons. The first-order chi connectivity index (χ1) is 9.75. The Morgan fingerprint density at radius 1 is 0.950 bits per heavy atom. The molecule has 2 heteroatoms. The fourth-order valence-corrected chi connectivity index (χ4v) is 3.60. The molecule has 20 heavy (non-hydrogen) atoms. The molecule has 1 atom stereocenters. The summed E-state index contributed by atoms with van der Waals surface area (Å²) in [6.45, 7) is 2.25. The molecule has 0 aromatic carbocycles. The molecule has 1 saturated carbocycles. The minimum atomic E-state index is -0.542. The molecule has 1 unspecified atom stereocenters. The van der Waals surface area contributed by atoms with Crippen LogP contribution in [0.1, 0.15) is 96.8 Å². The number of carbonyl (C=O) groups is 1. The van der Waals surface area contributed by atoms with Crippen molar-refractivity contribution in [2.24, 2.45) is 11.8 Å². The summed E-state index contributed by atoms with van der Waals surface area (Å²) in [6, 6.07) is 0. The normalized spacial score (nSPS) is 18.1. The van der Waals surface area contributed by atoms with Crippen molar-refractivity contribution >= 4 is 5.97 Å². The van der Waals surface area contributed by atoms with Gasteiger partial charge < -0.3 is 5.11 Å². The molecular formula is C18H34O2. The number of aliphatic carboxylic acids is 1. The van der Waals surface area contributed by atoms with E-state index in [1.807, 2.05) is 0 Å². The van der Waals surface area contributed by atoms with Crippen LogP contribution >= 0.6 is 0 Å². The Morgan fingerprint density at radius 3 is 2.05 bits per heavy atom. The van der Waals surface area contributed by atoms with E-state index in [4.69, 9.17) is 0 Å². The lowest BCUT2D eigenvalue weighted by molar-refractivity contribution is -0.144. The van der Waals surface area contributed by atoms with E-state index in [1.165, 1.54) is 64.2 Å². The Bertz CT molecular complexity index is 244. The van der Waals surface area contributed by atoms with Crippen LogP contribution in [0.25, 0.3) is 0 Å². The van der Waals surface area contributed by atoms with Gasteiger partial charge in [0.15, 0.2) is 0 Å². The van der Waals surface area contributed by atoms with Gasteiger partial charge in [0.2, 0.25) is 0 Å². The lowest BCUT2D eigenvalue weighted by atomic mass is 9.78. The summed E-state index contributed by atoms with van der Waals surface area (Å²) in [6.07, 6.45) is 17.4. The molecule has 1 N–H and O–H groups in total. The van der Waals surface area contributed by atoms with Crippen molar-refractivity contribution in [3.63, 3.8) is 0 Å². The first-order valence-corrected chi connectivity index (χ1v) is 8.98. The molecule has 1 aliphatic rings. The van der Waals surface area contributed by atoms with E-state index in [-0.39, 0.29) is 5.92 Å². The molecule has 0 aromatic heterocycles. The van der Waals surface area contributed by atoms with Gasteiger partial charge in [0.1, 0.15) is 0 Å². The van der Waals surface area contributed by atoms with Gasteiger partial charge in [-0.2, -0.15) is 0 Å². The molecule has 1 aliphatic carbocycles. The maximum Gasteiger partial charge on any atom is 0.306 e. The van der Waals surface area contributed by atoms with Crippen molar-refractivity contribution in [1.82, 2.24) is 0 Å². The second kappa shape index (κ2) is 11.2. The van der Waals surface area contributed by atoms with E-state index >= 15 is 0 Å². The van der Waals surface area contributed by atoms with Crippen LogP contribution in [0, 0.1) is 11.8 Å². The van der Waals surface area contributed by atoms with Crippen molar-refractivity contribution in [1.29, 1.82) is 0 Å². The van der Waals surface area contributed by atoms with Gasteiger partial charge in [0, 0.05) is 0 Å². The molecule has 0 heterocycles. The third kappa shape index (κ3) is 7.31. The fraction of sp³-hybridized carbons (Fsp3) is 0.944. The van der Waals surface area contributed by atoms with E-state index in [1.54, 1.807) is 0 Å². The Hall–Kier alpha value is -0.530. The predicted octanol–water partition coefficient (Wildman–Crippen LogP) is 5.80. The second-order valence-corrected chi connectivity index (χ2v) is 6.61. The summed E-state index contributed by atoms with van der Waals surface area (Å²) in [5, 5.41) is 9.43. The van der Waals surface area contributed by atoms with E-state index in [9.17, 15) is 9.90 Å². The van der Waals surface area contributed by atoms with Gasteiger partial charge in [-0.1, -0.05) is 77.6 Å². The fourth-order valence-electron chi connectivity index (χ4n) is 3.60. The van der Waals surface area contributed by atoms with Gasteiger partial charge in [-0.25, -0.2) is 0 Å². The summed E-state index contributed by atoms with van der Waals surface area (Å²) in [4.78, 5) is 11.4. The molecule has 0 aliphatic heterocycles. The van der Waals surface area contributed by atoms with Crippen LogP contribution in [0.2, 0.25) is 0 Å². The Kier molecular flexibility index (Phi) is 9.78. The molecule has 0 amide bonds. The summed E-state index contributed by atoms with van der Waals surface area (Å²) in [5.74, 6) is -0.138. The van der Waals surface area contributed by atoms with Crippen molar-refractivity contribution in [2.45, 2.75) is 96.8 Å². The zero-order valence-corrected chi connectivity index (χ0v) is 13.4. The van der Waals surface area contributed by atoms with Gasteiger partial charge in [0.05, 0.1) is 5.92 Å². The van der Waals surface area contributed by atoms with Gasteiger partial charge in [-0.3, -0.25) is 4.79 Å². The van der Waals surface area contributed by atoms with Crippen molar-refractivity contribution < 1.29 is 9.90 Å². The van der Waals surface area contributed by atoms with Crippen LogP contribution in [-0.4, -0.2) is 11.1 Å². The monoisotopic (exact) mass is 282 g/mol. The van der Waals surface area contributed by atoms with E-state index in [2.05, 4.69) is 6.92 Å². The van der Waals surface area contributed by atoms with Crippen LogP contribution in [-0.2, 0) is 4.79 Å². The number of rotatable bonds is 11. The topological polar surface area (TPSA) is 37.3 Å². The first kappa shape index (κ1) is 17.5. The average Bonchev–Trinajstić information content (AvgIpc) is 2.46. The summed E-state index contributed by atoms with van der Waals surface area (Å²) in [7, 11) is 0. The van der Waals surface area contributed by atoms with Crippen molar-refractivity contribution in [2.75, 3.05) is 0 Å². The SMILES string of the molecule is CCCCCCCCCCC(C(=O)O)C1CCCCC1. The lowest BCUT2D eigenvalue weighted by Crippen LogP contribution is -2.25. The van der Waals surface area contributed by atoms with Gasteiger partial charge in [-0.15, -0.1) is 0 Å². The van der Waals surface area contributed by atoms with Crippen LogP contribution < -0.4 is 0 Å². The molecule has 1 rings (SSSR count). The smallest absolute Gasteiger partial charge is 0.306 e. The Morgan fingerprint density at radius 2 is 1.50 bits per heavy atom. The zero-order chi connectivity index (χ0) is 14.6. The first-order valence-electron chi connectivity index (χ1n) is 8.98. The highest BCUT2D eigenvalue weighted by molar-refractivity contribution is 5.70. The minimum absolute atomic E-state index is 0.0598. The highest BCUT2D eigenvalue weighted by atomic mass is 16.4. The number of hydrogen-bond acceptors (Lipinski definition) is 1.